The van der Waals surface area contributed by atoms with Gasteiger partial charge in [-0.25, -0.2) is 4.99 Å². The van der Waals surface area contributed by atoms with Crippen LogP contribution in [-0.4, -0.2) is 56.2 Å². The predicted octanol–water partition coefficient (Wildman–Crippen LogP) is 2.40. The summed E-state index contributed by atoms with van der Waals surface area (Å²) in [5.41, 5.74) is 2.66. The van der Waals surface area contributed by atoms with Crippen molar-refractivity contribution in [2.24, 2.45) is 4.99 Å². The number of nitrogens with zero attached hydrogens (tertiary/aromatic N) is 2. The Labute approximate surface area is 172 Å². The third kappa shape index (κ3) is 6.71. The molecule has 7 nitrogen and oxygen atoms in total. The fourth-order valence-corrected chi connectivity index (χ4v) is 2.79. The zero-order valence-corrected chi connectivity index (χ0v) is 17.5. The third-order valence-corrected chi connectivity index (χ3v) is 4.29. The van der Waals surface area contributed by atoms with E-state index in [-0.39, 0.29) is 11.7 Å². The van der Waals surface area contributed by atoms with E-state index in [0.29, 0.717) is 30.4 Å². The number of amides is 1. The smallest absolute Gasteiger partial charge is 0.253 e. The van der Waals surface area contributed by atoms with Gasteiger partial charge in [0, 0.05) is 32.7 Å². The van der Waals surface area contributed by atoms with Crippen LogP contribution in [-0.2, 0) is 13.0 Å². The minimum atomic E-state index is -0.00236. The van der Waals surface area contributed by atoms with E-state index in [4.69, 9.17) is 4.74 Å². The summed E-state index contributed by atoms with van der Waals surface area (Å²) in [4.78, 5) is 18.2. The molecule has 0 unspecified atom stereocenters. The first-order valence-electron chi connectivity index (χ1n) is 9.63. The van der Waals surface area contributed by atoms with Crippen molar-refractivity contribution >= 4 is 11.9 Å². The number of rotatable bonds is 8. The third-order valence-electron chi connectivity index (χ3n) is 4.29. The lowest BCUT2D eigenvalue weighted by Crippen LogP contribution is -2.38. The van der Waals surface area contributed by atoms with Gasteiger partial charge in [0.05, 0.1) is 13.7 Å². The summed E-state index contributed by atoms with van der Waals surface area (Å²) in [6.07, 6.45) is 0.766. The van der Waals surface area contributed by atoms with Crippen molar-refractivity contribution in [3.05, 3.63) is 59.2 Å². The Bertz CT molecular complexity index is 850. The molecule has 1 amide bonds. The van der Waals surface area contributed by atoms with Gasteiger partial charge in [0.1, 0.15) is 0 Å². The van der Waals surface area contributed by atoms with Gasteiger partial charge in [-0.05, 0) is 48.7 Å². The normalized spacial score (nSPS) is 11.1. The topological polar surface area (TPSA) is 86.2 Å². The summed E-state index contributed by atoms with van der Waals surface area (Å²) < 4.78 is 5.06. The van der Waals surface area contributed by atoms with E-state index < -0.39 is 0 Å². The number of carbonyl (C=O) groups is 1. The summed E-state index contributed by atoms with van der Waals surface area (Å²) in [6.45, 7) is 3.86. The number of benzene rings is 2. The van der Waals surface area contributed by atoms with E-state index in [9.17, 15) is 9.90 Å². The van der Waals surface area contributed by atoms with E-state index >= 15 is 0 Å². The van der Waals surface area contributed by atoms with Gasteiger partial charge < -0.3 is 25.4 Å². The van der Waals surface area contributed by atoms with Gasteiger partial charge in [0.25, 0.3) is 5.91 Å². The quantitative estimate of drug-likeness (QED) is 0.470. The molecule has 156 valence electrons. The van der Waals surface area contributed by atoms with Crippen LogP contribution in [0.15, 0.2) is 47.5 Å². The number of aliphatic imine (C=N–C) groups is 1. The average Bonchev–Trinajstić information content (AvgIpc) is 2.71. The van der Waals surface area contributed by atoms with Gasteiger partial charge in [-0.3, -0.25) is 4.79 Å². The zero-order chi connectivity index (χ0) is 21.2. The molecular formula is C22H30N4O3. The van der Waals surface area contributed by atoms with Crippen molar-refractivity contribution in [1.82, 2.24) is 15.5 Å². The van der Waals surface area contributed by atoms with Crippen molar-refractivity contribution in [3.8, 4) is 11.5 Å². The molecule has 0 saturated heterocycles. The van der Waals surface area contributed by atoms with Crippen LogP contribution in [0.5, 0.6) is 11.5 Å². The second kappa shape index (κ2) is 10.9. The number of guanidine groups is 1. The van der Waals surface area contributed by atoms with Crippen molar-refractivity contribution in [3.63, 3.8) is 0 Å². The Morgan fingerprint density at radius 3 is 2.59 bits per heavy atom. The lowest BCUT2D eigenvalue weighted by atomic mass is 10.1. The summed E-state index contributed by atoms with van der Waals surface area (Å²) in [7, 11) is 5.02. The van der Waals surface area contributed by atoms with Crippen molar-refractivity contribution in [2.45, 2.75) is 19.9 Å². The highest BCUT2D eigenvalue weighted by molar-refractivity contribution is 5.94. The van der Waals surface area contributed by atoms with Gasteiger partial charge in [-0.1, -0.05) is 18.2 Å². The molecule has 3 N–H and O–H groups in total. The van der Waals surface area contributed by atoms with E-state index in [1.807, 2.05) is 37.3 Å². The van der Waals surface area contributed by atoms with Gasteiger partial charge in [0.2, 0.25) is 0 Å². The Morgan fingerprint density at radius 2 is 1.93 bits per heavy atom. The van der Waals surface area contributed by atoms with Crippen LogP contribution >= 0.6 is 0 Å². The molecule has 0 saturated carbocycles. The van der Waals surface area contributed by atoms with Crippen molar-refractivity contribution < 1.29 is 14.6 Å². The van der Waals surface area contributed by atoms with Gasteiger partial charge in [-0.2, -0.15) is 0 Å². The number of aromatic hydroxyl groups is 1. The highest BCUT2D eigenvalue weighted by Crippen LogP contribution is 2.26. The summed E-state index contributed by atoms with van der Waals surface area (Å²) >= 11 is 0. The summed E-state index contributed by atoms with van der Waals surface area (Å²) in [6, 6.07) is 12.9. The molecular weight excluding hydrogens is 368 g/mol. The standard InChI is InChI=1S/C22H30N4O3/c1-5-23-22(25-15-17-9-10-20(29-4)19(27)14-17)24-12-11-16-7-6-8-18(13-16)21(28)26(2)3/h6-10,13-14,27H,5,11-12,15H2,1-4H3,(H2,23,24,25). The molecule has 0 aliphatic carbocycles. The molecule has 0 aliphatic rings. The van der Waals surface area contributed by atoms with E-state index in [0.717, 1.165) is 24.1 Å². The molecule has 29 heavy (non-hydrogen) atoms. The van der Waals surface area contributed by atoms with Crippen LogP contribution in [0.4, 0.5) is 0 Å². The average molecular weight is 399 g/mol. The number of ether oxygens (including phenoxy) is 1. The molecule has 0 atom stereocenters. The number of hydrogen-bond donors (Lipinski definition) is 3. The number of phenols is 1. The fourth-order valence-electron chi connectivity index (χ4n) is 2.79. The fraction of sp³-hybridized carbons (Fsp3) is 0.364. The van der Waals surface area contributed by atoms with E-state index in [1.165, 1.54) is 7.11 Å². The first-order valence-corrected chi connectivity index (χ1v) is 9.63. The van der Waals surface area contributed by atoms with Gasteiger partial charge in [0.15, 0.2) is 17.5 Å². The molecule has 0 aromatic heterocycles. The lowest BCUT2D eigenvalue weighted by Gasteiger charge is -2.13. The Morgan fingerprint density at radius 1 is 1.14 bits per heavy atom. The van der Waals surface area contributed by atoms with Crippen LogP contribution in [0.2, 0.25) is 0 Å². The van der Waals surface area contributed by atoms with Crippen LogP contribution < -0.4 is 15.4 Å². The number of phenolic OH excluding ortho intramolecular Hbond substituents is 1. The molecule has 2 aromatic carbocycles. The molecule has 7 heteroatoms. The van der Waals surface area contributed by atoms with Crippen LogP contribution in [0.3, 0.4) is 0 Å². The molecule has 2 rings (SSSR count). The summed E-state index contributed by atoms with van der Waals surface area (Å²) in [5.74, 6) is 1.24. The first-order chi connectivity index (χ1) is 13.9. The maximum atomic E-state index is 12.1. The maximum Gasteiger partial charge on any atom is 0.253 e. The van der Waals surface area contributed by atoms with Gasteiger partial charge >= 0.3 is 0 Å². The molecule has 0 spiro atoms. The molecule has 0 bridgehead atoms. The molecule has 2 aromatic rings. The molecule has 0 heterocycles. The molecule has 0 fully saturated rings. The highest BCUT2D eigenvalue weighted by Gasteiger charge is 2.08. The van der Waals surface area contributed by atoms with E-state index in [1.54, 1.807) is 31.1 Å². The van der Waals surface area contributed by atoms with Crippen molar-refractivity contribution in [1.29, 1.82) is 0 Å². The number of nitrogens with one attached hydrogen (secondary N) is 2. The van der Waals surface area contributed by atoms with Crippen LogP contribution in [0, 0.1) is 0 Å². The SMILES string of the molecule is CCNC(=NCc1ccc(OC)c(O)c1)NCCc1cccc(C(=O)N(C)C)c1. The maximum absolute atomic E-state index is 12.1. The Balaban J connectivity index is 1.95. The minimum Gasteiger partial charge on any atom is -0.504 e. The zero-order valence-electron chi connectivity index (χ0n) is 17.5. The second-order valence-corrected chi connectivity index (χ2v) is 6.78. The second-order valence-electron chi connectivity index (χ2n) is 6.78. The Kier molecular flexibility index (Phi) is 8.33. The summed E-state index contributed by atoms with van der Waals surface area (Å²) in [5, 5.41) is 16.4. The number of methoxy groups -OCH3 is 1. The minimum absolute atomic E-state index is 0.00236. The highest BCUT2D eigenvalue weighted by atomic mass is 16.5. The van der Waals surface area contributed by atoms with Crippen LogP contribution in [0.25, 0.3) is 0 Å². The largest absolute Gasteiger partial charge is 0.504 e. The first kappa shape index (κ1) is 22.1. The van der Waals surface area contributed by atoms with Gasteiger partial charge in [-0.15, -0.1) is 0 Å². The number of hydrogen-bond acceptors (Lipinski definition) is 4. The Hall–Kier alpha value is -3.22. The lowest BCUT2D eigenvalue weighted by molar-refractivity contribution is 0.0827. The molecule has 0 radical (unpaired) electrons. The molecule has 0 aliphatic heterocycles. The van der Waals surface area contributed by atoms with E-state index in [2.05, 4.69) is 15.6 Å². The monoisotopic (exact) mass is 398 g/mol. The van der Waals surface area contributed by atoms with Crippen LogP contribution in [0.1, 0.15) is 28.4 Å². The van der Waals surface area contributed by atoms with Crippen molar-refractivity contribution in [2.75, 3.05) is 34.3 Å². The number of carbonyl (C=O) groups excluding carboxylic acids is 1. The predicted molar refractivity (Wildman–Crippen MR) is 116 cm³/mol.